The van der Waals surface area contributed by atoms with Crippen LogP contribution in [0.25, 0.3) is 22.8 Å². The van der Waals surface area contributed by atoms with Crippen LogP contribution in [0.2, 0.25) is 0 Å². The van der Waals surface area contributed by atoms with Crippen LogP contribution < -0.4 is 0 Å². The number of imidazole rings is 2. The standard InChI is InChI=1S/C22H22FN5/c1-4-28-20(25-16(3)21(28)17-9-6-5-8-15(17)2)14-27-13-12-24-22(27)18-10-7-11-19(23)26-18/h5-13H,4,14H2,1-3H3. The summed E-state index contributed by atoms with van der Waals surface area (Å²) < 4.78 is 17.7. The Hall–Kier alpha value is -3.28. The first kappa shape index (κ1) is 18.1. The second kappa shape index (κ2) is 7.38. The zero-order chi connectivity index (χ0) is 19.7. The number of aryl methyl sites for hydroxylation is 2. The summed E-state index contributed by atoms with van der Waals surface area (Å²) in [6.07, 6.45) is 3.58. The highest BCUT2D eigenvalue weighted by Gasteiger charge is 2.18. The summed E-state index contributed by atoms with van der Waals surface area (Å²) in [6.45, 7) is 7.62. The van der Waals surface area contributed by atoms with Gasteiger partial charge in [-0.1, -0.05) is 30.3 Å². The maximum atomic E-state index is 13.6. The Balaban J connectivity index is 1.76. The van der Waals surface area contributed by atoms with E-state index in [-0.39, 0.29) is 0 Å². The molecular formula is C22H22FN5. The van der Waals surface area contributed by atoms with Gasteiger partial charge in [0.25, 0.3) is 0 Å². The number of halogens is 1. The first-order valence-corrected chi connectivity index (χ1v) is 9.34. The van der Waals surface area contributed by atoms with Gasteiger partial charge >= 0.3 is 0 Å². The molecule has 0 atom stereocenters. The van der Waals surface area contributed by atoms with E-state index in [0.717, 1.165) is 23.8 Å². The average Bonchev–Trinajstić information content (AvgIpc) is 3.26. The molecule has 0 unspecified atom stereocenters. The van der Waals surface area contributed by atoms with Gasteiger partial charge in [-0.15, -0.1) is 0 Å². The van der Waals surface area contributed by atoms with Crippen molar-refractivity contribution < 1.29 is 4.39 Å². The molecule has 3 aromatic heterocycles. The summed E-state index contributed by atoms with van der Waals surface area (Å²) >= 11 is 0. The van der Waals surface area contributed by atoms with E-state index in [2.05, 4.69) is 46.6 Å². The molecule has 0 N–H and O–H groups in total. The molecule has 6 heteroatoms. The normalized spacial score (nSPS) is 11.1. The number of hydrogen-bond donors (Lipinski definition) is 0. The van der Waals surface area contributed by atoms with E-state index in [1.54, 1.807) is 18.3 Å². The van der Waals surface area contributed by atoms with Crippen molar-refractivity contribution in [2.24, 2.45) is 0 Å². The molecule has 4 rings (SSSR count). The summed E-state index contributed by atoms with van der Waals surface area (Å²) in [5, 5.41) is 0. The van der Waals surface area contributed by atoms with Gasteiger partial charge in [-0.2, -0.15) is 4.39 Å². The Morgan fingerprint density at radius 2 is 1.82 bits per heavy atom. The van der Waals surface area contributed by atoms with E-state index >= 15 is 0 Å². The average molecular weight is 375 g/mol. The second-order valence-corrected chi connectivity index (χ2v) is 6.75. The Morgan fingerprint density at radius 3 is 2.57 bits per heavy atom. The number of hydrogen-bond acceptors (Lipinski definition) is 3. The van der Waals surface area contributed by atoms with E-state index < -0.39 is 5.95 Å². The van der Waals surface area contributed by atoms with Crippen molar-refractivity contribution in [2.45, 2.75) is 33.9 Å². The molecule has 0 radical (unpaired) electrons. The molecule has 1 aromatic carbocycles. The largest absolute Gasteiger partial charge is 0.327 e. The SMILES string of the molecule is CCn1c(Cn2ccnc2-c2cccc(F)n2)nc(C)c1-c1ccccc1C. The summed E-state index contributed by atoms with van der Waals surface area (Å²) in [4.78, 5) is 13.2. The predicted octanol–water partition coefficient (Wildman–Crippen LogP) is 4.63. The second-order valence-electron chi connectivity index (χ2n) is 6.75. The number of rotatable bonds is 5. The Morgan fingerprint density at radius 1 is 1.00 bits per heavy atom. The van der Waals surface area contributed by atoms with Gasteiger partial charge in [0.15, 0.2) is 5.82 Å². The quantitative estimate of drug-likeness (QED) is 0.478. The van der Waals surface area contributed by atoms with Crippen molar-refractivity contribution in [2.75, 3.05) is 0 Å². The molecule has 0 bridgehead atoms. The first-order valence-electron chi connectivity index (χ1n) is 9.34. The smallest absolute Gasteiger partial charge is 0.213 e. The minimum absolute atomic E-state index is 0.510. The highest BCUT2D eigenvalue weighted by molar-refractivity contribution is 5.66. The van der Waals surface area contributed by atoms with Crippen LogP contribution in [0.3, 0.4) is 0 Å². The highest BCUT2D eigenvalue weighted by atomic mass is 19.1. The van der Waals surface area contributed by atoms with Crippen LogP contribution in [0.4, 0.5) is 4.39 Å². The third kappa shape index (κ3) is 3.22. The van der Waals surface area contributed by atoms with Crippen molar-refractivity contribution >= 4 is 0 Å². The lowest BCUT2D eigenvalue weighted by molar-refractivity contribution is 0.584. The molecule has 3 heterocycles. The zero-order valence-corrected chi connectivity index (χ0v) is 16.2. The Labute approximate surface area is 163 Å². The van der Waals surface area contributed by atoms with Gasteiger partial charge in [-0.3, -0.25) is 0 Å². The lowest BCUT2D eigenvalue weighted by Gasteiger charge is -2.13. The fourth-order valence-electron chi connectivity index (χ4n) is 3.63. The Bertz CT molecular complexity index is 1130. The van der Waals surface area contributed by atoms with Crippen LogP contribution in [-0.2, 0) is 13.1 Å². The number of nitrogens with zero attached hydrogens (tertiary/aromatic N) is 5. The summed E-state index contributed by atoms with van der Waals surface area (Å²) in [5.41, 5.74) is 5.06. The van der Waals surface area contributed by atoms with Gasteiger partial charge < -0.3 is 9.13 Å². The maximum absolute atomic E-state index is 13.6. The van der Waals surface area contributed by atoms with E-state index in [0.29, 0.717) is 18.1 Å². The third-order valence-electron chi connectivity index (χ3n) is 4.91. The number of benzene rings is 1. The molecule has 0 saturated heterocycles. The fraction of sp³-hybridized carbons (Fsp3) is 0.227. The van der Waals surface area contributed by atoms with Gasteiger partial charge in [0.05, 0.1) is 17.9 Å². The molecular weight excluding hydrogens is 353 g/mol. The molecule has 142 valence electrons. The topological polar surface area (TPSA) is 48.5 Å². The highest BCUT2D eigenvalue weighted by Crippen LogP contribution is 2.28. The van der Waals surface area contributed by atoms with Crippen molar-refractivity contribution in [3.05, 3.63) is 77.9 Å². The molecule has 0 amide bonds. The monoisotopic (exact) mass is 375 g/mol. The van der Waals surface area contributed by atoms with Crippen LogP contribution >= 0.6 is 0 Å². The zero-order valence-electron chi connectivity index (χ0n) is 16.2. The van der Waals surface area contributed by atoms with E-state index in [1.807, 2.05) is 23.8 Å². The summed E-state index contributed by atoms with van der Waals surface area (Å²) in [7, 11) is 0. The molecule has 28 heavy (non-hydrogen) atoms. The van der Waals surface area contributed by atoms with E-state index in [9.17, 15) is 4.39 Å². The van der Waals surface area contributed by atoms with Crippen LogP contribution in [0.5, 0.6) is 0 Å². The third-order valence-corrected chi connectivity index (χ3v) is 4.91. The lowest BCUT2D eigenvalue weighted by atomic mass is 10.0. The predicted molar refractivity (Wildman–Crippen MR) is 107 cm³/mol. The van der Waals surface area contributed by atoms with Crippen LogP contribution in [-0.4, -0.2) is 24.1 Å². The van der Waals surface area contributed by atoms with Gasteiger partial charge in [-0.05, 0) is 38.5 Å². The molecule has 0 fully saturated rings. The molecule has 0 aliphatic rings. The summed E-state index contributed by atoms with van der Waals surface area (Å²) in [5.74, 6) is 1.05. The molecule has 0 aliphatic carbocycles. The molecule has 0 saturated carbocycles. The van der Waals surface area contributed by atoms with Gasteiger partial charge in [0.2, 0.25) is 5.95 Å². The molecule has 0 spiro atoms. The van der Waals surface area contributed by atoms with Crippen molar-refractivity contribution in [1.82, 2.24) is 24.1 Å². The van der Waals surface area contributed by atoms with Crippen LogP contribution in [0.15, 0.2) is 54.9 Å². The van der Waals surface area contributed by atoms with E-state index in [1.165, 1.54) is 17.2 Å². The lowest BCUT2D eigenvalue weighted by Crippen LogP contribution is -2.10. The van der Waals surface area contributed by atoms with Gasteiger partial charge in [0, 0.05) is 24.5 Å². The molecule has 4 aromatic rings. The molecule has 5 nitrogen and oxygen atoms in total. The van der Waals surface area contributed by atoms with Crippen LogP contribution in [0, 0.1) is 19.8 Å². The van der Waals surface area contributed by atoms with Gasteiger partial charge in [0.1, 0.15) is 11.5 Å². The van der Waals surface area contributed by atoms with Gasteiger partial charge in [-0.25, -0.2) is 15.0 Å². The fourth-order valence-corrected chi connectivity index (χ4v) is 3.63. The Kier molecular flexibility index (Phi) is 4.77. The summed E-state index contributed by atoms with van der Waals surface area (Å²) in [6, 6.07) is 13.1. The van der Waals surface area contributed by atoms with E-state index in [4.69, 9.17) is 4.98 Å². The molecule has 0 aliphatic heterocycles. The maximum Gasteiger partial charge on any atom is 0.213 e. The number of pyridine rings is 1. The van der Waals surface area contributed by atoms with Crippen molar-refractivity contribution in [3.8, 4) is 22.8 Å². The minimum atomic E-state index is -0.514. The first-order chi connectivity index (χ1) is 13.6. The van der Waals surface area contributed by atoms with Crippen molar-refractivity contribution in [1.29, 1.82) is 0 Å². The minimum Gasteiger partial charge on any atom is -0.327 e. The number of aromatic nitrogens is 5. The van der Waals surface area contributed by atoms with Crippen LogP contribution in [0.1, 0.15) is 24.0 Å². The van der Waals surface area contributed by atoms with Crippen molar-refractivity contribution in [3.63, 3.8) is 0 Å².